The van der Waals surface area contributed by atoms with E-state index < -0.39 is 5.24 Å². The second-order valence-electron chi connectivity index (χ2n) is 3.00. The molecule has 1 heterocycles. The van der Waals surface area contributed by atoms with Crippen LogP contribution in [0, 0.1) is 6.92 Å². The van der Waals surface area contributed by atoms with Crippen molar-refractivity contribution in [2.45, 2.75) is 6.92 Å². The number of benzene rings is 1. The standard InChI is InChI=1S/C10H7ClN2O2/c1-6-12-10(15-13-6)8-4-2-7(3-5-8)9(11)14/h2-5H,1H3. The van der Waals surface area contributed by atoms with Crippen LogP contribution in [0.5, 0.6) is 0 Å². The van der Waals surface area contributed by atoms with E-state index in [4.69, 9.17) is 16.1 Å². The number of hydrogen-bond donors (Lipinski definition) is 0. The lowest BCUT2D eigenvalue weighted by Crippen LogP contribution is -1.87. The molecule has 0 radical (unpaired) electrons. The van der Waals surface area contributed by atoms with E-state index in [-0.39, 0.29) is 0 Å². The number of carbonyl (C=O) groups is 1. The van der Waals surface area contributed by atoms with Crippen LogP contribution in [-0.4, -0.2) is 15.4 Å². The first kappa shape index (κ1) is 9.86. The average molecular weight is 223 g/mol. The van der Waals surface area contributed by atoms with Gasteiger partial charge in [-0.05, 0) is 42.8 Å². The van der Waals surface area contributed by atoms with Crippen molar-refractivity contribution in [1.29, 1.82) is 0 Å². The molecule has 5 heteroatoms. The zero-order valence-electron chi connectivity index (χ0n) is 7.90. The lowest BCUT2D eigenvalue weighted by Gasteiger charge is -1.95. The van der Waals surface area contributed by atoms with Crippen molar-refractivity contribution in [1.82, 2.24) is 10.1 Å². The molecule has 0 fully saturated rings. The van der Waals surface area contributed by atoms with Gasteiger partial charge in [-0.15, -0.1) is 0 Å². The molecule has 15 heavy (non-hydrogen) atoms. The van der Waals surface area contributed by atoms with Crippen molar-refractivity contribution in [2.75, 3.05) is 0 Å². The van der Waals surface area contributed by atoms with Crippen molar-refractivity contribution in [3.8, 4) is 11.5 Å². The van der Waals surface area contributed by atoms with Crippen LogP contribution in [0.1, 0.15) is 16.2 Å². The molecule has 0 spiro atoms. The molecular formula is C10H7ClN2O2. The van der Waals surface area contributed by atoms with Crippen molar-refractivity contribution < 1.29 is 9.32 Å². The quantitative estimate of drug-likeness (QED) is 0.733. The second-order valence-corrected chi connectivity index (χ2v) is 3.34. The molecule has 0 atom stereocenters. The van der Waals surface area contributed by atoms with Gasteiger partial charge < -0.3 is 4.52 Å². The molecule has 0 saturated carbocycles. The summed E-state index contributed by atoms with van der Waals surface area (Å²) < 4.78 is 4.97. The minimum atomic E-state index is -0.483. The average Bonchev–Trinajstić information content (AvgIpc) is 2.65. The van der Waals surface area contributed by atoms with Crippen LogP contribution in [0.2, 0.25) is 0 Å². The van der Waals surface area contributed by atoms with Gasteiger partial charge in [0.1, 0.15) is 0 Å². The third kappa shape index (κ3) is 2.05. The Kier molecular flexibility index (Phi) is 2.51. The zero-order chi connectivity index (χ0) is 10.8. The first-order valence-electron chi connectivity index (χ1n) is 4.27. The molecule has 0 N–H and O–H groups in total. The molecule has 0 aliphatic heterocycles. The van der Waals surface area contributed by atoms with Gasteiger partial charge in [0, 0.05) is 11.1 Å². The highest BCUT2D eigenvalue weighted by Gasteiger charge is 2.07. The number of nitrogens with zero attached hydrogens (tertiary/aromatic N) is 2. The van der Waals surface area contributed by atoms with Crippen molar-refractivity contribution >= 4 is 16.8 Å². The Morgan fingerprint density at radius 2 is 2.00 bits per heavy atom. The zero-order valence-corrected chi connectivity index (χ0v) is 8.65. The van der Waals surface area contributed by atoms with Crippen LogP contribution in [0.25, 0.3) is 11.5 Å². The molecule has 1 aromatic heterocycles. The van der Waals surface area contributed by atoms with Crippen LogP contribution in [0.4, 0.5) is 0 Å². The monoisotopic (exact) mass is 222 g/mol. The van der Waals surface area contributed by atoms with E-state index in [1.54, 1.807) is 31.2 Å². The fraction of sp³-hybridized carbons (Fsp3) is 0.100. The highest BCUT2D eigenvalue weighted by atomic mass is 35.5. The largest absolute Gasteiger partial charge is 0.334 e. The van der Waals surface area contributed by atoms with Crippen LogP contribution in [0.3, 0.4) is 0 Å². The summed E-state index contributed by atoms with van der Waals surface area (Å²) in [6.45, 7) is 1.74. The molecule has 2 aromatic rings. The highest BCUT2D eigenvalue weighted by molar-refractivity contribution is 6.67. The second kappa shape index (κ2) is 3.82. The molecule has 0 saturated heterocycles. The fourth-order valence-corrected chi connectivity index (χ4v) is 1.28. The molecule has 1 aromatic carbocycles. The predicted molar refractivity (Wildman–Crippen MR) is 54.7 cm³/mol. The maximum Gasteiger partial charge on any atom is 0.257 e. The summed E-state index contributed by atoms with van der Waals surface area (Å²) in [6.07, 6.45) is 0. The summed E-state index contributed by atoms with van der Waals surface area (Å²) in [6, 6.07) is 6.65. The number of rotatable bonds is 2. The normalized spacial score (nSPS) is 10.3. The predicted octanol–water partition coefficient (Wildman–Crippen LogP) is 2.42. The molecule has 0 unspecified atom stereocenters. The van der Waals surface area contributed by atoms with E-state index >= 15 is 0 Å². The topological polar surface area (TPSA) is 56.0 Å². The van der Waals surface area contributed by atoms with Crippen molar-refractivity contribution in [3.05, 3.63) is 35.7 Å². The molecule has 0 bridgehead atoms. The number of carbonyl (C=O) groups excluding carboxylic acids is 1. The van der Waals surface area contributed by atoms with Gasteiger partial charge >= 0.3 is 0 Å². The Morgan fingerprint density at radius 1 is 1.33 bits per heavy atom. The van der Waals surface area contributed by atoms with Gasteiger partial charge in [-0.3, -0.25) is 4.79 Å². The maximum atomic E-state index is 10.8. The van der Waals surface area contributed by atoms with Crippen molar-refractivity contribution in [3.63, 3.8) is 0 Å². The minimum absolute atomic E-state index is 0.432. The van der Waals surface area contributed by atoms with Gasteiger partial charge in [-0.25, -0.2) is 0 Å². The summed E-state index contributed by atoms with van der Waals surface area (Å²) in [5.41, 5.74) is 1.20. The number of aryl methyl sites for hydroxylation is 1. The Balaban J connectivity index is 2.35. The Hall–Kier alpha value is -1.68. The van der Waals surface area contributed by atoms with Gasteiger partial charge in [0.05, 0.1) is 0 Å². The molecule has 0 aliphatic carbocycles. The van der Waals surface area contributed by atoms with Gasteiger partial charge in [0.15, 0.2) is 5.82 Å². The SMILES string of the molecule is Cc1noc(-c2ccc(C(=O)Cl)cc2)n1. The van der Waals surface area contributed by atoms with E-state index in [0.717, 1.165) is 5.56 Å². The van der Waals surface area contributed by atoms with Crippen molar-refractivity contribution in [2.24, 2.45) is 0 Å². The molecule has 76 valence electrons. The highest BCUT2D eigenvalue weighted by Crippen LogP contribution is 2.18. The number of halogens is 1. The Bertz CT molecular complexity index is 490. The smallest absolute Gasteiger partial charge is 0.257 e. The molecule has 0 aliphatic rings. The first-order chi connectivity index (χ1) is 7.16. The third-order valence-electron chi connectivity index (χ3n) is 1.89. The number of aromatic nitrogens is 2. The van der Waals surface area contributed by atoms with Gasteiger partial charge in [-0.1, -0.05) is 5.16 Å². The summed E-state index contributed by atoms with van der Waals surface area (Å²) >= 11 is 5.32. The minimum Gasteiger partial charge on any atom is -0.334 e. The summed E-state index contributed by atoms with van der Waals surface area (Å²) in [7, 11) is 0. The van der Waals surface area contributed by atoms with Crippen LogP contribution < -0.4 is 0 Å². The Labute approximate surface area is 90.9 Å². The lowest BCUT2D eigenvalue weighted by atomic mass is 10.1. The van der Waals surface area contributed by atoms with E-state index in [0.29, 0.717) is 17.3 Å². The van der Waals surface area contributed by atoms with E-state index in [1.165, 1.54) is 0 Å². The number of hydrogen-bond acceptors (Lipinski definition) is 4. The summed E-state index contributed by atoms with van der Waals surface area (Å²) in [4.78, 5) is 14.9. The molecule has 0 amide bonds. The molecule has 4 nitrogen and oxygen atoms in total. The molecule has 2 rings (SSSR count). The van der Waals surface area contributed by atoms with E-state index in [9.17, 15) is 4.79 Å². The summed E-state index contributed by atoms with van der Waals surface area (Å²) in [5, 5.41) is 3.19. The van der Waals surface area contributed by atoms with Gasteiger partial charge in [-0.2, -0.15) is 4.98 Å². The lowest BCUT2D eigenvalue weighted by molar-refractivity contribution is 0.108. The van der Waals surface area contributed by atoms with E-state index in [1.807, 2.05) is 0 Å². The fourth-order valence-electron chi connectivity index (χ4n) is 1.16. The van der Waals surface area contributed by atoms with Crippen LogP contribution >= 0.6 is 11.6 Å². The van der Waals surface area contributed by atoms with Crippen LogP contribution in [0.15, 0.2) is 28.8 Å². The van der Waals surface area contributed by atoms with Gasteiger partial charge in [0.2, 0.25) is 0 Å². The van der Waals surface area contributed by atoms with Gasteiger partial charge in [0.25, 0.3) is 11.1 Å². The third-order valence-corrected chi connectivity index (χ3v) is 2.10. The molecular weight excluding hydrogens is 216 g/mol. The summed E-state index contributed by atoms with van der Waals surface area (Å²) in [5.74, 6) is 1.00. The Morgan fingerprint density at radius 3 is 2.47 bits per heavy atom. The first-order valence-corrected chi connectivity index (χ1v) is 4.65. The maximum absolute atomic E-state index is 10.8. The van der Waals surface area contributed by atoms with Crippen LogP contribution in [-0.2, 0) is 0 Å². The van der Waals surface area contributed by atoms with E-state index in [2.05, 4.69) is 10.1 Å².